The highest BCUT2D eigenvalue weighted by atomic mass is 16.5. The molecule has 1 N–H and O–H groups in total. The van der Waals surface area contributed by atoms with Crippen LogP contribution in [0.5, 0.6) is 5.75 Å². The van der Waals surface area contributed by atoms with Gasteiger partial charge in [0.25, 0.3) is 11.8 Å². The average Bonchev–Trinajstić information content (AvgIpc) is 3.14. The van der Waals surface area contributed by atoms with Gasteiger partial charge in [-0.2, -0.15) is 0 Å². The normalized spacial score (nSPS) is 13.5. The molecule has 0 atom stereocenters. The molecule has 0 radical (unpaired) electrons. The van der Waals surface area contributed by atoms with Crippen LogP contribution in [0.2, 0.25) is 0 Å². The Morgan fingerprint density at radius 3 is 2.54 bits per heavy atom. The number of amides is 2. The molecule has 0 aliphatic carbocycles. The molecule has 1 heterocycles. The van der Waals surface area contributed by atoms with Gasteiger partial charge >= 0.3 is 0 Å². The van der Waals surface area contributed by atoms with Crippen LogP contribution < -0.4 is 10.1 Å². The minimum Gasteiger partial charge on any atom is -0.484 e. The zero-order valence-corrected chi connectivity index (χ0v) is 15.2. The van der Waals surface area contributed by atoms with Crippen molar-refractivity contribution in [3.05, 3.63) is 59.2 Å². The maximum atomic E-state index is 12.8. The van der Waals surface area contributed by atoms with E-state index >= 15 is 0 Å². The van der Waals surface area contributed by atoms with Gasteiger partial charge in [-0.05, 0) is 56.0 Å². The smallest absolute Gasteiger partial charge is 0.262 e. The highest BCUT2D eigenvalue weighted by Crippen LogP contribution is 2.23. The third kappa shape index (κ3) is 4.23. The first-order chi connectivity index (χ1) is 12.5. The number of carbonyl (C=O) groups is 2. The number of rotatable bonds is 5. The van der Waals surface area contributed by atoms with E-state index in [2.05, 4.69) is 5.32 Å². The first-order valence-corrected chi connectivity index (χ1v) is 8.93. The summed E-state index contributed by atoms with van der Waals surface area (Å²) in [6.07, 6.45) is 2.06. The lowest BCUT2D eigenvalue weighted by Gasteiger charge is -2.19. The monoisotopic (exact) mass is 352 g/mol. The number of anilines is 1. The molecule has 1 aliphatic heterocycles. The third-order valence-corrected chi connectivity index (χ3v) is 4.51. The average molecular weight is 352 g/mol. The van der Waals surface area contributed by atoms with E-state index in [1.54, 1.807) is 6.07 Å². The molecule has 2 amide bonds. The van der Waals surface area contributed by atoms with Crippen LogP contribution in [0.25, 0.3) is 0 Å². The number of hydrogen-bond donors (Lipinski definition) is 1. The van der Waals surface area contributed by atoms with Gasteiger partial charge in [-0.3, -0.25) is 9.59 Å². The Hall–Kier alpha value is -2.82. The quantitative estimate of drug-likeness (QED) is 0.895. The largest absolute Gasteiger partial charge is 0.484 e. The van der Waals surface area contributed by atoms with E-state index in [1.807, 2.05) is 55.1 Å². The molecule has 0 bridgehead atoms. The first-order valence-electron chi connectivity index (χ1n) is 8.93. The van der Waals surface area contributed by atoms with Crippen LogP contribution >= 0.6 is 0 Å². The van der Waals surface area contributed by atoms with Crippen molar-refractivity contribution in [2.24, 2.45) is 0 Å². The fourth-order valence-electron chi connectivity index (χ4n) is 3.17. The van der Waals surface area contributed by atoms with Gasteiger partial charge in [-0.25, -0.2) is 0 Å². The van der Waals surface area contributed by atoms with Gasteiger partial charge in [0.1, 0.15) is 5.75 Å². The van der Waals surface area contributed by atoms with Gasteiger partial charge in [-0.15, -0.1) is 0 Å². The summed E-state index contributed by atoms with van der Waals surface area (Å²) in [6.45, 7) is 5.31. The molecule has 5 nitrogen and oxygen atoms in total. The number of nitrogens with one attached hydrogen (secondary N) is 1. The van der Waals surface area contributed by atoms with E-state index in [4.69, 9.17) is 4.74 Å². The lowest BCUT2D eigenvalue weighted by atomic mass is 10.0. The van der Waals surface area contributed by atoms with Crippen molar-refractivity contribution < 1.29 is 14.3 Å². The van der Waals surface area contributed by atoms with E-state index in [-0.39, 0.29) is 18.4 Å². The molecule has 5 heteroatoms. The summed E-state index contributed by atoms with van der Waals surface area (Å²) in [5.74, 6) is 0.348. The van der Waals surface area contributed by atoms with Gasteiger partial charge in [0, 0.05) is 13.1 Å². The van der Waals surface area contributed by atoms with Crippen LogP contribution in [0.4, 0.5) is 5.69 Å². The van der Waals surface area contributed by atoms with Crippen LogP contribution in [0.1, 0.15) is 34.3 Å². The molecule has 1 fully saturated rings. The van der Waals surface area contributed by atoms with Crippen LogP contribution in [0.3, 0.4) is 0 Å². The predicted octanol–water partition coefficient (Wildman–Crippen LogP) is 3.56. The van der Waals surface area contributed by atoms with E-state index in [1.165, 1.54) is 0 Å². The number of benzene rings is 2. The summed E-state index contributed by atoms with van der Waals surface area (Å²) in [6, 6.07) is 13.0. The van der Waals surface area contributed by atoms with Crippen molar-refractivity contribution in [2.45, 2.75) is 26.7 Å². The van der Waals surface area contributed by atoms with Crippen LogP contribution in [-0.4, -0.2) is 36.4 Å². The molecule has 0 unspecified atom stereocenters. The molecule has 0 spiro atoms. The summed E-state index contributed by atoms with van der Waals surface area (Å²) >= 11 is 0. The second-order valence-corrected chi connectivity index (χ2v) is 6.65. The summed E-state index contributed by atoms with van der Waals surface area (Å²) in [7, 11) is 0. The summed E-state index contributed by atoms with van der Waals surface area (Å²) in [5, 5.41) is 2.83. The molecule has 0 aromatic heterocycles. The van der Waals surface area contributed by atoms with Crippen molar-refractivity contribution in [1.82, 2.24) is 4.90 Å². The minimum absolute atomic E-state index is 0.0181. The van der Waals surface area contributed by atoms with E-state index in [9.17, 15) is 9.59 Å². The molecule has 26 heavy (non-hydrogen) atoms. The molecule has 1 saturated heterocycles. The Morgan fingerprint density at radius 2 is 1.81 bits per heavy atom. The molecule has 2 aromatic rings. The maximum absolute atomic E-state index is 12.8. The zero-order valence-electron chi connectivity index (χ0n) is 15.2. The molecule has 3 rings (SSSR count). The van der Waals surface area contributed by atoms with Crippen LogP contribution in [0, 0.1) is 13.8 Å². The van der Waals surface area contributed by atoms with E-state index in [0.29, 0.717) is 17.0 Å². The fourth-order valence-corrected chi connectivity index (χ4v) is 3.17. The molecule has 1 aliphatic rings. The standard InChI is InChI=1S/C21H24N2O3/c1-15-7-5-9-17(13-15)26-14-19(24)22-18-10-6-8-16(2)20(18)21(25)23-11-3-4-12-23/h5-10,13H,3-4,11-12,14H2,1-2H3,(H,22,24). The molecular weight excluding hydrogens is 328 g/mol. The van der Waals surface area contributed by atoms with Gasteiger partial charge in [0.05, 0.1) is 11.3 Å². The first kappa shape index (κ1) is 18.0. The summed E-state index contributed by atoms with van der Waals surface area (Å²) in [4.78, 5) is 27.0. The van der Waals surface area contributed by atoms with E-state index < -0.39 is 0 Å². The molecule has 136 valence electrons. The summed E-state index contributed by atoms with van der Waals surface area (Å²) in [5.41, 5.74) is 3.04. The van der Waals surface area contributed by atoms with Crippen molar-refractivity contribution in [3.63, 3.8) is 0 Å². The third-order valence-electron chi connectivity index (χ3n) is 4.51. The van der Waals surface area contributed by atoms with Gasteiger partial charge < -0.3 is 15.0 Å². The molecular formula is C21H24N2O3. The number of carbonyl (C=O) groups excluding carboxylic acids is 2. The second-order valence-electron chi connectivity index (χ2n) is 6.65. The van der Waals surface area contributed by atoms with Gasteiger partial charge in [0.15, 0.2) is 6.61 Å². The molecule has 2 aromatic carbocycles. The number of hydrogen-bond acceptors (Lipinski definition) is 3. The Balaban J connectivity index is 1.69. The highest BCUT2D eigenvalue weighted by molar-refractivity contribution is 6.05. The topological polar surface area (TPSA) is 58.6 Å². The maximum Gasteiger partial charge on any atom is 0.262 e. The van der Waals surface area contributed by atoms with Crippen molar-refractivity contribution in [3.8, 4) is 5.75 Å². The Morgan fingerprint density at radius 1 is 1.08 bits per heavy atom. The lowest BCUT2D eigenvalue weighted by Crippen LogP contribution is -2.30. The number of aryl methyl sites for hydroxylation is 2. The number of likely N-dealkylation sites (tertiary alicyclic amines) is 1. The summed E-state index contributed by atoms with van der Waals surface area (Å²) < 4.78 is 5.54. The zero-order chi connectivity index (χ0) is 18.5. The van der Waals surface area contributed by atoms with Gasteiger partial charge in [0.2, 0.25) is 0 Å². The van der Waals surface area contributed by atoms with E-state index in [0.717, 1.165) is 37.1 Å². The molecule has 0 saturated carbocycles. The SMILES string of the molecule is Cc1cccc(OCC(=O)Nc2cccc(C)c2C(=O)N2CCCC2)c1. The fraction of sp³-hybridized carbons (Fsp3) is 0.333. The Labute approximate surface area is 154 Å². The Bertz CT molecular complexity index is 811. The predicted molar refractivity (Wildman–Crippen MR) is 102 cm³/mol. The number of nitrogens with zero attached hydrogens (tertiary/aromatic N) is 1. The Kier molecular flexibility index (Phi) is 5.56. The second kappa shape index (κ2) is 8.04. The number of ether oxygens (including phenoxy) is 1. The van der Waals surface area contributed by atoms with Gasteiger partial charge in [-0.1, -0.05) is 24.3 Å². The van der Waals surface area contributed by atoms with Crippen molar-refractivity contribution in [1.29, 1.82) is 0 Å². The van der Waals surface area contributed by atoms with Crippen molar-refractivity contribution in [2.75, 3.05) is 25.0 Å². The minimum atomic E-state index is -0.285. The lowest BCUT2D eigenvalue weighted by molar-refractivity contribution is -0.118. The highest BCUT2D eigenvalue weighted by Gasteiger charge is 2.24. The van der Waals surface area contributed by atoms with Crippen LogP contribution in [0.15, 0.2) is 42.5 Å². The van der Waals surface area contributed by atoms with Crippen LogP contribution in [-0.2, 0) is 4.79 Å². The van der Waals surface area contributed by atoms with Crippen molar-refractivity contribution >= 4 is 17.5 Å².